The Kier molecular flexibility index (Phi) is 6.04. The molecule has 8 heteroatoms. The predicted octanol–water partition coefficient (Wildman–Crippen LogP) is 4.93. The fourth-order valence-electron chi connectivity index (χ4n) is 3.02. The average molecular weight is 423 g/mol. The molecule has 0 atom stereocenters. The summed E-state index contributed by atoms with van der Waals surface area (Å²) >= 11 is 1.54. The molecule has 2 heterocycles. The molecule has 2 aromatic heterocycles. The van der Waals surface area contributed by atoms with Gasteiger partial charge < -0.3 is 14.0 Å². The van der Waals surface area contributed by atoms with E-state index in [1.165, 1.54) is 0 Å². The quantitative estimate of drug-likeness (QED) is 0.373. The van der Waals surface area contributed by atoms with Gasteiger partial charge in [-0.25, -0.2) is 0 Å². The molecule has 0 spiro atoms. The highest BCUT2D eigenvalue weighted by atomic mass is 32.2. The maximum absolute atomic E-state index is 5.58. The first-order valence-electron chi connectivity index (χ1n) is 9.56. The van der Waals surface area contributed by atoms with Gasteiger partial charge in [0.15, 0.2) is 11.0 Å². The van der Waals surface area contributed by atoms with Crippen LogP contribution in [0.2, 0.25) is 0 Å². The van der Waals surface area contributed by atoms with Crippen LogP contribution in [-0.4, -0.2) is 33.6 Å². The van der Waals surface area contributed by atoms with Gasteiger partial charge in [0.2, 0.25) is 0 Å². The van der Waals surface area contributed by atoms with Crippen molar-refractivity contribution in [2.24, 2.45) is 0 Å². The zero-order valence-corrected chi connectivity index (χ0v) is 17.8. The Morgan fingerprint density at radius 2 is 1.87 bits per heavy atom. The van der Waals surface area contributed by atoms with Crippen molar-refractivity contribution in [3.05, 3.63) is 66.1 Å². The van der Waals surface area contributed by atoms with Crippen LogP contribution >= 0.6 is 11.8 Å². The van der Waals surface area contributed by atoms with Crippen LogP contribution in [0, 0.1) is 6.92 Å². The van der Waals surface area contributed by atoms with Gasteiger partial charge in [0, 0.05) is 17.3 Å². The molecular weight excluding hydrogens is 400 g/mol. The monoisotopic (exact) mass is 422 g/mol. The summed E-state index contributed by atoms with van der Waals surface area (Å²) in [5, 5.41) is 13.6. The van der Waals surface area contributed by atoms with Gasteiger partial charge in [0.05, 0.1) is 25.2 Å². The topological polar surface area (TPSA) is 75.2 Å². The lowest BCUT2D eigenvalue weighted by Gasteiger charge is -2.12. The van der Waals surface area contributed by atoms with Gasteiger partial charge in [-0.2, -0.15) is 0 Å². The van der Waals surface area contributed by atoms with Gasteiger partial charge in [-0.05, 0) is 50.2 Å². The molecule has 0 radical (unpaired) electrons. The van der Waals surface area contributed by atoms with Crippen molar-refractivity contribution in [2.45, 2.75) is 24.8 Å². The number of aromatic nitrogens is 4. The highest BCUT2D eigenvalue weighted by Crippen LogP contribution is 2.31. The summed E-state index contributed by atoms with van der Waals surface area (Å²) in [6, 6.07) is 17.6. The summed E-state index contributed by atoms with van der Waals surface area (Å²) in [6.45, 7) is 4.49. The summed E-state index contributed by atoms with van der Waals surface area (Å²) in [7, 11) is 1.65. The normalized spacial score (nSPS) is 10.9. The van der Waals surface area contributed by atoms with E-state index in [1.807, 2.05) is 73.0 Å². The first-order valence-corrected chi connectivity index (χ1v) is 10.5. The van der Waals surface area contributed by atoms with Crippen LogP contribution < -0.4 is 9.47 Å². The van der Waals surface area contributed by atoms with Gasteiger partial charge in [-0.1, -0.05) is 29.1 Å². The minimum absolute atomic E-state index is 0.605. The SMILES string of the molecule is CCOc1ccc(-n2c(SCc3cc(C)no3)nnc2-c2cccc(OC)c2)cc1. The van der Waals surface area contributed by atoms with E-state index in [4.69, 9.17) is 14.0 Å². The Bertz CT molecular complexity index is 1120. The maximum atomic E-state index is 5.58. The van der Waals surface area contributed by atoms with Gasteiger partial charge in [-0.15, -0.1) is 10.2 Å². The molecule has 30 heavy (non-hydrogen) atoms. The van der Waals surface area contributed by atoms with Crippen molar-refractivity contribution in [1.29, 1.82) is 0 Å². The molecule has 0 unspecified atom stereocenters. The molecule has 0 N–H and O–H groups in total. The number of hydrogen-bond acceptors (Lipinski definition) is 7. The lowest BCUT2D eigenvalue weighted by molar-refractivity contribution is 0.340. The van der Waals surface area contributed by atoms with Crippen LogP contribution in [0.4, 0.5) is 0 Å². The molecule has 0 aliphatic carbocycles. The third-order valence-electron chi connectivity index (χ3n) is 4.39. The van der Waals surface area contributed by atoms with Crippen LogP contribution in [0.5, 0.6) is 11.5 Å². The lowest BCUT2D eigenvalue weighted by atomic mass is 10.2. The standard InChI is InChI=1S/C22H22N4O3S/c1-4-28-18-10-8-17(9-11-18)26-21(16-6-5-7-19(13-16)27-3)23-24-22(26)30-14-20-12-15(2)25-29-20/h5-13H,4,14H2,1-3H3. The van der Waals surface area contributed by atoms with Crippen LogP contribution in [0.15, 0.2) is 64.3 Å². The van der Waals surface area contributed by atoms with E-state index in [9.17, 15) is 0 Å². The second-order valence-corrected chi connectivity index (χ2v) is 7.47. The number of ether oxygens (including phenoxy) is 2. The van der Waals surface area contributed by atoms with Crippen molar-refractivity contribution >= 4 is 11.8 Å². The molecule has 2 aromatic carbocycles. The molecule has 154 valence electrons. The van der Waals surface area contributed by atoms with Gasteiger partial charge in [0.1, 0.15) is 17.3 Å². The van der Waals surface area contributed by atoms with Crippen LogP contribution in [0.1, 0.15) is 18.4 Å². The average Bonchev–Trinajstić information content (AvgIpc) is 3.39. The molecule has 0 saturated carbocycles. The Morgan fingerprint density at radius 1 is 1.03 bits per heavy atom. The minimum Gasteiger partial charge on any atom is -0.497 e. The van der Waals surface area contributed by atoms with E-state index in [-0.39, 0.29) is 0 Å². The molecule has 4 aromatic rings. The summed E-state index contributed by atoms with van der Waals surface area (Å²) in [6.07, 6.45) is 0. The Morgan fingerprint density at radius 3 is 2.57 bits per heavy atom. The zero-order chi connectivity index (χ0) is 20.9. The number of thioether (sulfide) groups is 1. The van der Waals surface area contributed by atoms with Crippen LogP contribution in [0.3, 0.4) is 0 Å². The zero-order valence-electron chi connectivity index (χ0n) is 17.0. The Balaban J connectivity index is 1.73. The first-order chi connectivity index (χ1) is 14.7. The fourth-order valence-corrected chi connectivity index (χ4v) is 3.85. The molecule has 0 amide bonds. The molecule has 0 bridgehead atoms. The largest absolute Gasteiger partial charge is 0.497 e. The van der Waals surface area contributed by atoms with Crippen molar-refractivity contribution < 1.29 is 14.0 Å². The second-order valence-electron chi connectivity index (χ2n) is 6.52. The summed E-state index contributed by atoms with van der Waals surface area (Å²) < 4.78 is 18.3. The Hall–Kier alpha value is -3.26. The van der Waals surface area contributed by atoms with Crippen molar-refractivity contribution in [3.8, 4) is 28.6 Å². The third-order valence-corrected chi connectivity index (χ3v) is 5.34. The van der Waals surface area contributed by atoms with E-state index >= 15 is 0 Å². The van der Waals surface area contributed by atoms with E-state index < -0.39 is 0 Å². The number of hydrogen-bond donors (Lipinski definition) is 0. The molecule has 0 saturated heterocycles. The number of methoxy groups -OCH3 is 1. The summed E-state index contributed by atoms with van der Waals surface area (Å²) in [4.78, 5) is 0. The minimum atomic E-state index is 0.605. The lowest BCUT2D eigenvalue weighted by Crippen LogP contribution is -2.00. The fraction of sp³-hybridized carbons (Fsp3) is 0.227. The molecule has 0 aliphatic heterocycles. The van der Waals surface area contributed by atoms with Crippen molar-refractivity contribution in [1.82, 2.24) is 19.9 Å². The molecule has 0 aliphatic rings. The number of aryl methyl sites for hydroxylation is 1. The van der Waals surface area contributed by atoms with Crippen LogP contribution in [-0.2, 0) is 5.75 Å². The Labute approximate surface area is 179 Å². The molecule has 0 fully saturated rings. The van der Waals surface area contributed by atoms with Crippen LogP contribution in [0.25, 0.3) is 17.1 Å². The van der Waals surface area contributed by atoms with E-state index in [0.29, 0.717) is 12.4 Å². The van der Waals surface area contributed by atoms with Crippen molar-refractivity contribution in [2.75, 3.05) is 13.7 Å². The highest BCUT2D eigenvalue weighted by molar-refractivity contribution is 7.98. The van der Waals surface area contributed by atoms with Crippen molar-refractivity contribution in [3.63, 3.8) is 0 Å². The third kappa shape index (κ3) is 4.33. The summed E-state index contributed by atoms with van der Waals surface area (Å²) in [5.41, 5.74) is 2.71. The van der Waals surface area contributed by atoms with Gasteiger partial charge in [-0.3, -0.25) is 4.57 Å². The number of benzene rings is 2. The predicted molar refractivity (Wildman–Crippen MR) is 115 cm³/mol. The number of nitrogens with zero attached hydrogens (tertiary/aromatic N) is 4. The van der Waals surface area contributed by atoms with E-state index in [2.05, 4.69) is 15.4 Å². The highest BCUT2D eigenvalue weighted by Gasteiger charge is 2.17. The first kappa shape index (κ1) is 20.0. The molecule has 4 rings (SSSR count). The van der Waals surface area contributed by atoms with E-state index in [1.54, 1.807) is 18.9 Å². The number of rotatable bonds is 8. The summed E-state index contributed by atoms with van der Waals surface area (Å²) in [5.74, 6) is 3.72. The van der Waals surface area contributed by atoms with Gasteiger partial charge in [0.25, 0.3) is 0 Å². The second kappa shape index (κ2) is 9.04. The molecule has 7 nitrogen and oxygen atoms in total. The molecular formula is C22H22N4O3S. The van der Waals surface area contributed by atoms with E-state index in [0.717, 1.165) is 45.2 Å². The smallest absolute Gasteiger partial charge is 0.196 e. The van der Waals surface area contributed by atoms with Gasteiger partial charge >= 0.3 is 0 Å². The maximum Gasteiger partial charge on any atom is 0.196 e.